The normalized spacial score (nSPS) is 15.0. The summed E-state index contributed by atoms with van der Waals surface area (Å²) in [7, 11) is 0. The molecular formula is C9H7FO3. The molecule has 0 saturated carbocycles. The number of carbonyl (C=O) groups excluding carboxylic acids is 1. The van der Waals surface area contributed by atoms with Crippen molar-refractivity contribution in [3.8, 4) is 11.5 Å². The molecule has 1 heterocycles. The predicted octanol–water partition coefficient (Wildman–Crippen LogP) is 1.50. The van der Waals surface area contributed by atoms with Crippen LogP contribution in [0.2, 0.25) is 0 Å². The molecule has 0 aromatic heterocycles. The Labute approximate surface area is 73.8 Å². The Morgan fingerprint density at radius 1 is 1.46 bits per heavy atom. The standard InChI is InChI=1S/C9H7FO3/c10-8-7(12)2-1-5-6(11)3-4-13-9(5)8/h1-2,12H,3-4H2. The Morgan fingerprint density at radius 2 is 2.23 bits per heavy atom. The lowest BCUT2D eigenvalue weighted by Gasteiger charge is -2.16. The topological polar surface area (TPSA) is 46.5 Å². The van der Waals surface area contributed by atoms with Gasteiger partial charge in [0.2, 0.25) is 5.82 Å². The van der Waals surface area contributed by atoms with Crippen molar-refractivity contribution < 1.29 is 19.0 Å². The number of benzene rings is 1. The van der Waals surface area contributed by atoms with Crippen molar-refractivity contribution in [2.45, 2.75) is 6.42 Å². The molecule has 0 radical (unpaired) electrons. The molecule has 68 valence electrons. The molecular weight excluding hydrogens is 175 g/mol. The maximum Gasteiger partial charge on any atom is 0.207 e. The minimum atomic E-state index is -0.856. The Kier molecular flexibility index (Phi) is 1.69. The molecule has 0 saturated heterocycles. The Balaban J connectivity index is 2.63. The highest BCUT2D eigenvalue weighted by Crippen LogP contribution is 2.32. The van der Waals surface area contributed by atoms with Crippen LogP contribution in [0.3, 0.4) is 0 Å². The van der Waals surface area contributed by atoms with Gasteiger partial charge >= 0.3 is 0 Å². The largest absolute Gasteiger partial charge is 0.505 e. The molecule has 1 aromatic rings. The number of ether oxygens (including phenoxy) is 1. The summed E-state index contributed by atoms with van der Waals surface area (Å²) in [6.45, 7) is 0.173. The maximum atomic E-state index is 13.1. The first-order valence-corrected chi connectivity index (χ1v) is 3.87. The van der Waals surface area contributed by atoms with Crippen LogP contribution < -0.4 is 4.74 Å². The second kappa shape index (κ2) is 2.73. The Morgan fingerprint density at radius 3 is 3.00 bits per heavy atom. The van der Waals surface area contributed by atoms with Crippen LogP contribution in [0.1, 0.15) is 16.8 Å². The molecule has 0 spiro atoms. The number of rotatable bonds is 0. The fourth-order valence-electron chi connectivity index (χ4n) is 1.29. The van der Waals surface area contributed by atoms with E-state index in [1.54, 1.807) is 0 Å². The third-order valence-electron chi connectivity index (χ3n) is 1.95. The second-order valence-corrected chi connectivity index (χ2v) is 2.80. The summed E-state index contributed by atoms with van der Waals surface area (Å²) in [4.78, 5) is 11.2. The van der Waals surface area contributed by atoms with Gasteiger partial charge in [-0.05, 0) is 12.1 Å². The van der Waals surface area contributed by atoms with Crippen molar-refractivity contribution in [1.29, 1.82) is 0 Å². The van der Waals surface area contributed by atoms with Gasteiger partial charge in [0.1, 0.15) is 0 Å². The predicted molar refractivity (Wildman–Crippen MR) is 42.5 cm³/mol. The van der Waals surface area contributed by atoms with E-state index in [9.17, 15) is 9.18 Å². The summed E-state index contributed by atoms with van der Waals surface area (Å²) >= 11 is 0. The number of carbonyl (C=O) groups is 1. The van der Waals surface area contributed by atoms with Gasteiger partial charge in [0.15, 0.2) is 17.3 Å². The van der Waals surface area contributed by atoms with E-state index in [-0.39, 0.29) is 30.1 Å². The molecule has 1 aliphatic heterocycles. The molecule has 13 heavy (non-hydrogen) atoms. The summed E-state index contributed by atoms with van der Waals surface area (Å²) < 4.78 is 18.1. The fourth-order valence-corrected chi connectivity index (χ4v) is 1.29. The summed E-state index contributed by atoms with van der Waals surface area (Å²) in [5.74, 6) is -1.63. The van der Waals surface area contributed by atoms with E-state index in [4.69, 9.17) is 9.84 Å². The molecule has 1 aromatic carbocycles. The van der Waals surface area contributed by atoms with Gasteiger partial charge in [-0.2, -0.15) is 4.39 Å². The highest BCUT2D eigenvalue weighted by atomic mass is 19.1. The van der Waals surface area contributed by atoms with Crippen molar-refractivity contribution in [3.05, 3.63) is 23.5 Å². The van der Waals surface area contributed by atoms with E-state index in [1.165, 1.54) is 6.07 Å². The van der Waals surface area contributed by atoms with Crippen LogP contribution in [0, 0.1) is 5.82 Å². The van der Waals surface area contributed by atoms with Gasteiger partial charge < -0.3 is 9.84 Å². The lowest BCUT2D eigenvalue weighted by Crippen LogP contribution is -2.16. The van der Waals surface area contributed by atoms with Gasteiger partial charge in [0.05, 0.1) is 12.2 Å². The number of ketones is 1. The summed E-state index contributed by atoms with van der Waals surface area (Å²) in [5.41, 5.74) is 0.210. The van der Waals surface area contributed by atoms with Crippen molar-refractivity contribution in [2.75, 3.05) is 6.61 Å². The number of phenols is 1. The van der Waals surface area contributed by atoms with E-state index in [0.29, 0.717) is 0 Å². The van der Waals surface area contributed by atoms with Crippen molar-refractivity contribution in [2.24, 2.45) is 0 Å². The first-order chi connectivity index (χ1) is 6.20. The molecule has 0 aliphatic carbocycles. The zero-order valence-electron chi connectivity index (χ0n) is 6.71. The first-order valence-electron chi connectivity index (χ1n) is 3.87. The molecule has 0 bridgehead atoms. The molecule has 0 atom stereocenters. The monoisotopic (exact) mass is 182 g/mol. The lowest BCUT2D eigenvalue weighted by atomic mass is 10.0. The van der Waals surface area contributed by atoms with E-state index >= 15 is 0 Å². The van der Waals surface area contributed by atoms with Gasteiger partial charge in [0, 0.05) is 6.42 Å². The van der Waals surface area contributed by atoms with E-state index in [0.717, 1.165) is 6.07 Å². The summed E-state index contributed by atoms with van der Waals surface area (Å²) in [5, 5.41) is 9.00. The molecule has 0 fully saturated rings. The molecule has 3 nitrogen and oxygen atoms in total. The average Bonchev–Trinajstić information content (AvgIpc) is 2.12. The van der Waals surface area contributed by atoms with Crippen LogP contribution >= 0.6 is 0 Å². The number of aromatic hydroxyl groups is 1. The molecule has 0 unspecified atom stereocenters. The SMILES string of the molecule is O=C1CCOc2c1ccc(O)c2F. The van der Waals surface area contributed by atoms with Crippen LogP contribution in [-0.2, 0) is 0 Å². The number of halogens is 1. The average molecular weight is 182 g/mol. The molecule has 1 aliphatic rings. The maximum absolute atomic E-state index is 13.1. The van der Waals surface area contributed by atoms with Gasteiger partial charge in [-0.15, -0.1) is 0 Å². The minimum absolute atomic E-state index is 0.128. The summed E-state index contributed by atoms with van der Waals surface area (Å²) in [6.07, 6.45) is 0.261. The van der Waals surface area contributed by atoms with Gasteiger partial charge in [-0.1, -0.05) is 0 Å². The highest BCUT2D eigenvalue weighted by Gasteiger charge is 2.23. The zero-order valence-corrected chi connectivity index (χ0v) is 6.71. The van der Waals surface area contributed by atoms with Crippen LogP contribution in [0.15, 0.2) is 12.1 Å². The van der Waals surface area contributed by atoms with Crippen LogP contribution in [0.5, 0.6) is 11.5 Å². The van der Waals surface area contributed by atoms with Gasteiger partial charge in [-0.25, -0.2) is 0 Å². The van der Waals surface area contributed by atoms with Crippen LogP contribution in [0.4, 0.5) is 4.39 Å². The van der Waals surface area contributed by atoms with E-state index < -0.39 is 11.6 Å². The second-order valence-electron chi connectivity index (χ2n) is 2.80. The smallest absolute Gasteiger partial charge is 0.207 e. The number of hydrogen-bond acceptors (Lipinski definition) is 3. The third kappa shape index (κ3) is 1.14. The number of phenolic OH excluding ortho intramolecular Hbond substituents is 1. The number of Topliss-reactive ketones (excluding diaryl/α,β-unsaturated/α-hetero) is 1. The number of hydrogen-bond donors (Lipinski definition) is 1. The Bertz CT molecular complexity index is 373. The van der Waals surface area contributed by atoms with Gasteiger partial charge in [-0.3, -0.25) is 4.79 Å². The third-order valence-corrected chi connectivity index (χ3v) is 1.95. The molecule has 1 N–H and O–H groups in total. The molecule has 4 heteroatoms. The first kappa shape index (κ1) is 8.04. The Hall–Kier alpha value is -1.58. The minimum Gasteiger partial charge on any atom is -0.505 e. The van der Waals surface area contributed by atoms with Crippen LogP contribution in [-0.4, -0.2) is 17.5 Å². The quantitative estimate of drug-likeness (QED) is 0.661. The molecule has 2 rings (SSSR count). The van der Waals surface area contributed by atoms with E-state index in [1.807, 2.05) is 0 Å². The van der Waals surface area contributed by atoms with Crippen molar-refractivity contribution >= 4 is 5.78 Å². The molecule has 0 amide bonds. The lowest BCUT2D eigenvalue weighted by molar-refractivity contribution is 0.0929. The fraction of sp³-hybridized carbons (Fsp3) is 0.222. The van der Waals surface area contributed by atoms with Crippen LogP contribution in [0.25, 0.3) is 0 Å². The highest BCUT2D eigenvalue weighted by molar-refractivity contribution is 5.99. The van der Waals surface area contributed by atoms with Gasteiger partial charge in [0.25, 0.3) is 0 Å². The van der Waals surface area contributed by atoms with E-state index in [2.05, 4.69) is 0 Å². The van der Waals surface area contributed by atoms with Crippen molar-refractivity contribution in [1.82, 2.24) is 0 Å². The summed E-state index contributed by atoms with van der Waals surface area (Å²) in [6, 6.07) is 2.52. The zero-order chi connectivity index (χ0) is 9.42. The number of fused-ring (bicyclic) bond motifs is 1. The van der Waals surface area contributed by atoms with Crippen molar-refractivity contribution in [3.63, 3.8) is 0 Å².